The minimum absolute atomic E-state index is 0. The Morgan fingerprint density at radius 1 is 1.32 bits per heavy atom. The third kappa shape index (κ3) is 7.06. The van der Waals surface area contributed by atoms with Gasteiger partial charge in [0.15, 0.2) is 5.96 Å². The highest BCUT2D eigenvalue weighted by Gasteiger charge is 2.21. The van der Waals surface area contributed by atoms with Gasteiger partial charge in [0.1, 0.15) is 0 Å². The van der Waals surface area contributed by atoms with Crippen LogP contribution in [0.25, 0.3) is 0 Å². The van der Waals surface area contributed by atoms with Crippen molar-refractivity contribution in [2.75, 3.05) is 18.8 Å². The van der Waals surface area contributed by atoms with Gasteiger partial charge in [0.05, 0.1) is 6.54 Å². The fraction of sp³-hybridized carbons (Fsp3) is 0.500. The molecule has 1 aliphatic carbocycles. The number of nitrogens with zero attached hydrogens (tertiary/aromatic N) is 1. The molecule has 0 radical (unpaired) electrons. The Morgan fingerprint density at radius 3 is 2.68 bits per heavy atom. The van der Waals surface area contributed by atoms with Gasteiger partial charge in [0.25, 0.3) is 0 Å². The first-order valence-electron chi connectivity index (χ1n) is 6.61. The smallest absolute Gasteiger partial charge is 0.191 e. The lowest BCUT2D eigenvalue weighted by molar-refractivity contribution is 0.817. The molecule has 106 valence electrons. The van der Waals surface area contributed by atoms with Crippen LogP contribution in [0.5, 0.6) is 0 Å². The maximum atomic E-state index is 4.58. The van der Waals surface area contributed by atoms with E-state index in [1.165, 1.54) is 17.7 Å². The van der Waals surface area contributed by atoms with Crippen molar-refractivity contribution in [2.45, 2.75) is 30.7 Å². The molecule has 1 aliphatic rings. The predicted molar refractivity (Wildman–Crippen MR) is 94.7 cm³/mol. The molecule has 0 amide bonds. The lowest BCUT2D eigenvalue weighted by Gasteiger charge is -2.09. The molecule has 0 unspecified atom stereocenters. The normalized spacial score (nSPS) is 14.7. The van der Waals surface area contributed by atoms with E-state index < -0.39 is 0 Å². The largest absolute Gasteiger partial charge is 0.357 e. The van der Waals surface area contributed by atoms with Crippen LogP contribution in [0.15, 0.2) is 40.2 Å². The van der Waals surface area contributed by atoms with Crippen molar-refractivity contribution in [1.29, 1.82) is 0 Å². The number of hydrogen-bond donors (Lipinski definition) is 2. The van der Waals surface area contributed by atoms with Crippen molar-refractivity contribution in [1.82, 2.24) is 10.6 Å². The zero-order chi connectivity index (χ0) is 12.6. The van der Waals surface area contributed by atoms with E-state index in [0.29, 0.717) is 6.04 Å². The molecule has 1 saturated carbocycles. The van der Waals surface area contributed by atoms with Gasteiger partial charge in [-0.3, -0.25) is 4.99 Å². The second kappa shape index (κ2) is 9.47. The van der Waals surface area contributed by atoms with Crippen LogP contribution < -0.4 is 10.6 Å². The number of hydrogen-bond acceptors (Lipinski definition) is 2. The highest BCUT2D eigenvalue weighted by molar-refractivity contribution is 14.0. The summed E-state index contributed by atoms with van der Waals surface area (Å²) in [5.74, 6) is 1.99. The lowest BCUT2D eigenvalue weighted by Crippen LogP contribution is -2.38. The fourth-order valence-electron chi connectivity index (χ4n) is 1.58. The fourth-order valence-corrected chi connectivity index (χ4v) is 2.35. The van der Waals surface area contributed by atoms with Crippen molar-refractivity contribution >= 4 is 41.7 Å². The summed E-state index contributed by atoms with van der Waals surface area (Å²) in [4.78, 5) is 5.90. The van der Waals surface area contributed by atoms with E-state index in [-0.39, 0.29) is 24.0 Å². The van der Waals surface area contributed by atoms with Crippen LogP contribution in [0, 0.1) is 0 Å². The summed E-state index contributed by atoms with van der Waals surface area (Å²) >= 11 is 1.85. The molecule has 1 fully saturated rings. The Labute approximate surface area is 137 Å². The molecule has 1 aromatic rings. The second-order valence-corrected chi connectivity index (χ2v) is 5.51. The number of guanidine groups is 1. The molecule has 3 nitrogen and oxygen atoms in total. The summed E-state index contributed by atoms with van der Waals surface area (Å²) in [7, 11) is 0. The number of nitrogens with one attached hydrogen (secondary N) is 2. The number of rotatable bonds is 6. The highest BCUT2D eigenvalue weighted by Crippen LogP contribution is 2.18. The number of thioether (sulfide) groups is 1. The van der Waals surface area contributed by atoms with Crippen molar-refractivity contribution in [3.05, 3.63) is 30.3 Å². The second-order valence-electron chi connectivity index (χ2n) is 4.34. The average molecular weight is 391 g/mol. The quantitative estimate of drug-likeness (QED) is 0.257. The highest BCUT2D eigenvalue weighted by atomic mass is 127. The maximum Gasteiger partial charge on any atom is 0.191 e. The van der Waals surface area contributed by atoms with E-state index in [2.05, 4.69) is 46.8 Å². The third-order valence-corrected chi connectivity index (χ3v) is 3.63. The van der Waals surface area contributed by atoms with Crippen LogP contribution in [0.1, 0.15) is 19.8 Å². The standard InChI is InChI=1S/C14H21N3S.HI/c1-2-15-14(17-12-8-9-12)16-10-11-18-13-6-4-3-5-7-13;/h3-7,12H,2,8-11H2,1H3,(H2,15,16,17);1H. The molecular weight excluding hydrogens is 369 g/mol. The first kappa shape index (κ1) is 16.6. The van der Waals surface area contributed by atoms with Crippen LogP contribution >= 0.6 is 35.7 Å². The van der Waals surface area contributed by atoms with Gasteiger partial charge >= 0.3 is 0 Å². The van der Waals surface area contributed by atoms with Gasteiger partial charge < -0.3 is 10.6 Å². The number of aliphatic imine (C=N–C) groups is 1. The van der Waals surface area contributed by atoms with Crippen LogP contribution in [0.2, 0.25) is 0 Å². The van der Waals surface area contributed by atoms with Gasteiger partial charge in [0, 0.05) is 23.2 Å². The summed E-state index contributed by atoms with van der Waals surface area (Å²) in [6.07, 6.45) is 2.56. The van der Waals surface area contributed by atoms with Crippen molar-refractivity contribution in [3.63, 3.8) is 0 Å². The number of benzene rings is 1. The van der Waals surface area contributed by atoms with Crippen molar-refractivity contribution in [3.8, 4) is 0 Å². The lowest BCUT2D eigenvalue weighted by atomic mass is 10.4. The van der Waals surface area contributed by atoms with Crippen LogP contribution in [0.3, 0.4) is 0 Å². The Bertz CT molecular complexity index is 380. The molecule has 0 spiro atoms. The zero-order valence-corrected chi connectivity index (χ0v) is 14.4. The first-order valence-corrected chi connectivity index (χ1v) is 7.59. The van der Waals surface area contributed by atoms with Gasteiger partial charge in [-0.2, -0.15) is 0 Å². The summed E-state index contributed by atoms with van der Waals surface area (Å²) in [5.41, 5.74) is 0. The molecule has 1 aromatic carbocycles. The third-order valence-electron chi connectivity index (χ3n) is 2.64. The van der Waals surface area contributed by atoms with Gasteiger partial charge in [-0.05, 0) is 31.9 Å². The van der Waals surface area contributed by atoms with Crippen molar-refractivity contribution < 1.29 is 0 Å². The van der Waals surface area contributed by atoms with Gasteiger partial charge in [-0.15, -0.1) is 35.7 Å². The van der Waals surface area contributed by atoms with E-state index in [1.54, 1.807) is 0 Å². The Kier molecular flexibility index (Phi) is 8.29. The van der Waals surface area contributed by atoms with Gasteiger partial charge in [0.2, 0.25) is 0 Å². The van der Waals surface area contributed by atoms with E-state index in [9.17, 15) is 0 Å². The van der Waals surface area contributed by atoms with Gasteiger partial charge in [-0.25, -0.2) is 0 Å². The molecule has 2 N–H and O–H groups in total. The van der Waals surface area contributed by atoms with E-state index in [0.717, 1.165) is 24.8 Å². The molecule has 0 aliphatic heterocycles. The summed E-state index contributed by atoms with van der Waals surface area (Å²) in [6.45, 7) is 3.87. The molecule has 5 heteroatoms. The Hall–Kier alpha value is -0.430. The van der Waals surface area contributed by atoms with Gasteiger partial charge in [-0.1, -0.05) is 18.2 Å². The van der Waals surface area contributed by atoms with E-state index >= 15 is 0 Å². The van der Waals surface area contributed by atoms with E-state index in [1.807, 2.05) is 17.8 Å². The molecule has 0 bridgehead atoms. The first-order chi connectivity index (χ1) is 8.88. The SMILES string of the molecule is CCNC(=NCCSc1ccccc1)NC1CC1.I. The summed E-state index contributed by atoms with van der Waals surface area (Å²) < 4.78 is 0. The topological polar surface area (TPSA) is 36.4 Å². The molecule has 0 atom stereocenters. The molecule has 0 saturated heterocycles. The average Bonchev–Trinajstić information content (AvgIpc) is 3.20. The van der Waals surface area contributed by atoms with Crippen LogP contribution in [-0.2, 0) is 0 Å². The molecule has 0 aromatic heterocycles. The van der Waals surface area contributed by atoms with Crippen LogP contribution in [-0.4, -0.2) is 30.8 Å². The molecule has 19 heavy (non-hydrogen) atoms. The summed E-state index contributed by atoms with van der Waals surface area (Å²) in [6, 6.07) is 11.1. The van der Waals surface area contributed by atoms with E-state index in [4.69, 9.17) is 0 Å². The summed E-state index contributed by atoms with van der Waals surface area (Å²) in [5, 5.41) is 6.70. The minimum atomic E-state index is 0. The Morgan fingerprint density at radius 2 is 2.05 bits per heavy atom. The molecular formula is C14H22IN3S. The molecule has 2 rings (SSSR count). The Balaban J connectivity index is 0.00000180. The van der Waals surface area contributed by atoms with Crippen LogP contribution in [0.4, 0.5) is 0 Å². The maximum absolute atomic E-state index is 4.58. The zero-order valence-electron chi connectivity index (χ0n) is 11.3. The predicted octanol–water partition coefficient (Wildman–Crippen LogP) is 3.11. The minimum Gasteiger partial charge on any atom is -0.357 e. The monoisotopic (exact) mass is 391 g/mol. The number of halogens is 1. The molecule has 0 heterocycles. The van der Waals surface area contributed by atoms with Crippen molar-refractivity contribution in [2.24, 2.45) is 4.99 Å².